The van der Waals surface area contributed by atoms with Gasteiger partial charge in [-0.15, -0.1) is 0 Å². The second-order valence-corrected chi connectivity index (χ2v) is 8.21. The molecule has 0 spiro atoms. The summed E-state index contributed by atoms with van der Waals surface area (Å²) in [5.41, 5.74) is 0. The summed E-state index contributed by atoms with van der Waals surface area (Å²) >= 11 is 4.40. The second kappa shape index (κ2) is 6.88. The first kappa shape index (κ1) is 14.5. The first-order valence-electron chi connectivity index (χ1n) is 5.42. The fourth-order valence-corrected chi connectivity index (χ4v) is 5.54. The van der Waals surface area contributed by atoms with Crippen molar-refractivity contribution in [3.8, 4) is 0 Å². The molecular formula is C10H24O2SSi. The van der Waals surface area contributed by atoms with Gasteiger partial charge in [0.1, 0.15) is 0 Å². The van der Waals surface area contributed by atoms with E-state index in [-0.39, 0.29) is 12.2 Å². The Morgan fingerprint density at radius 1 is 1.07 bits per heavy atom. The van der Waals surface area contributed by atoms with Gasteiger partial charge in [0, 0.05) is 17.6 Å². The summed E-state index contributed by atoms with van der Waals surface area (Å²) in [6, 6.07) is 1.03. The van der Waals surface area contributed by atoms with Gasteiger partial charge in [0.05, 0.1) is 0 Å². The Hall–Kier alpha value is 0.487. The third-order valence-electron chi connectivity index (χ3n) is 1.77. The molecular weight excluding hydrogens is 212 g/mol. The molecule has 0 aliphatic heterocycles. The van der Waals surface area contributed by atoms with Gasteiger partial charge in [-0.05, 0) is 33.7 Å². The second-order valence-electron chi connectivity index (χ2n) is 4.15. The summed E-state index contributed by atoms with van der Waals surface area (Å²) in [5, 5.41) is 0.747. The molecule has 0 rings (SSSR count). The molecule has 0 amide bonds. The normalized spacial score (nSPS) is 12.9. The van der Waals surface area contributed by atoms with Gasteiger partial charge < -0.3 is 8.85 Å². The highest BCUT2D eigenvalue weighted by molar-refractivity contribution is 7.82. The minimum atomic E-state index is -2.03. The quantitative estimate of drug-likeness (QED) is 0.541. The summed E-state index contributed by atoms with van der Waals surface area (Å²) in [6.45, 7) is 10.4. The summed E-state index contributed by atoms with van der Waals surface area (Å²) in [5.74, 6) is 0. The van der Waals surface area contributed by atoms with E-state index >= 15 is 0 Å². The SMILES string of the molecule is CCC[Si](CS)(OC(C)C)OC(C)C. The minimum absolute atomic E-state index is 0.235. The predicted octanol–water partition coefficient (Wildman–Crippen LogP) is 3.16. The highest BCUT2D eigenvalue weighted by Crippen LogP contribution is 2.21. The molecule has 4 heteroatoms. The van der Waals surface area contributed by atoms with Crippen molar-refractivity contribution in [2.45, 2.75) is 59.3 Å². The summed E-state index contributed by atoms with van der Waals surface area (Å²) in [7, 11) is -2.03. The monoisotopic (exact) mass is 236 g/mol. The van der Waals surface area contributed by atoms with Crippen LogP contribution in [0.5, 0.6) is 0 Å². The van der Waals surface area contributed by atoms with Crippen LogP contribution in [0, 0.1) is 0 Å². The molecule has 0 aromatic heterocycles. The van der Waals surface area contributed by atoms with Crippen molar-refractivity contribution < 1.29 is 8.85 Å². The van der Waals surface area contributed by atoms with Crippen LogP contribution in [0.15, 0.2) is 0 Å². The van der Waals surface area contributed by atoms with Crippen LogP contribution in [-0.2, 0) is 8.85 Å². The highest BCUT2D eigenvalue weighted by Gasteiger charge is 2.37. The van der Waals surface area contributed by atoms with Gasteiger partial charge in [0.2, 0.25) is 0 Å². The van der Waals surface area contributed by atoms with Gasteiger partial charge in [-0.3, -0.25) is 0 Å². The molecule has 86 valence electrons. The maximum Gasteiger partial charge on any atom is 0.348 e. The molecule has 0 aliphatic rings. The van der Waals surface area contributed by atoms with Gasteiger partial charge in [0.25, 0.3) is 0 Å². The number of thiol groups is 1. The Balaban J connectivity index is 4.42. The third-order valence-corrected chi connectivity index (χ3v) is 6.76. The zero-order valence-corrected chi connectivity index (χ0v) is 11.9. The van der Waals surface area contributed by atoms with E-state index in [1.54, 1.807) is 0 Å². The van der Waals surface area contributed by atoms with Crippen molar-refractivity contribution in [1.29, 1.82) is 0 Å². The average Bonchev–Trinajstić information content (AvgIpc) is 2.02. The molecule has 0 atom stereocenters. The summed E-state index contributed by atoms with van der Waals surface area (Å²) in [4.78, 5) is 0. The number of hydrogen-bond donors (Lipinski definition) is 1. The Morgan fingerprint density at radius 2 is 1.50 bits per heavy atom. The van der Waals surface area contributed by atoms with E-state index in [0.717, 1.165) is 17.8 Å². The zero-order valence-electron chi connectivity index (χ0n) is 10.0. The Bertz CT molecular complexity index is 141. The molecule has 0 saturated carbocycles. The maximum atomic E-state index is 5.98. The Kier molecular flexibility index (Phi) is 7.12. The van der Waals surface area contributed by atoms with Crippen molar-refractivity contribution in [2.24, 2.45) is 0 Å². The lowest BCUT2D eigenvalue weighted by Gasteiger charge is -2.32. The van der Waals surface area contributed by atoms with Gasteiger partial charge >= 0.3 is 8.56 Å². The molecule has 0 radical (unpaired) electrons. The van der Waals surface area contributed by atoms with E-state index in [4.69, 9.17) is 8.85 Å². The van der Waals surface area contributed by atoms with Gasteiger partial charge in [-0.25, -0.2) is 0 Å². The van der Waals surface area contributed by atoms with Crippen LogP contribution in [0.25, 0.3) is 0 Å². The van der Waals surface area contributed by atoms with Crippen LogP contribution in [0.2, 0.25) is 6.04 Å². The molecule has 0 aromatic carbocycles. The molecule has 2 nitrogen and oxygen atoms in total. The Morgan fingerprint density at radius 3 is 1.71 bits per heavy atom. The Labute approximate surface area is 95.0 Å². The van der Waals surface area contributed by atoms with Crippen LogP contribution >= 0.6 is 12.6 Å². The van der Waals surface area contributed by atoms with Crippen molar-refractivity contribution in [1.82, 2.24) is 0 Å². The molecule has 0 bridgehead atoms. The maximum absolute atomic E-state index is 5.98. The highest BCUT2D eigenvalue weighted by atomic mass is 32.1. The van der Waals surface area contributed by atoms with Crippen molar-refractivity contribution in [3.63, 3.8) is 0 Å². The summed E-state index contributed by atoms with van der Waals surface area (Å²) in [6.07, 6.45) is 1.57. The van der Waals surface area contributed by atoms with Crippen LogP contribution in [0.3, 0.4) is 0 Å². The van der Waals surface area contributed by atoms with Crippen LogP contribution in [-0.4, -0.2) is 26.1 Å². The van der Waals surface area contributed by atoms with E-state index in [1.165, 1.54) is 0 Å². The molecule has 0 heterocycles. The number of hydrogen-bond acceptors (Lipinski definition) is 3. The summed E-state index contributed by atoms with van der Waals surface area (Å²) < 4.78 is 12.0. The molecule has 0 N–H and O–H groups in total. The van der Waals surface area contributed by atoms with E-state index in [0.29, 0.717) is 0 Å². The third kappa shape index (κ3) is 5.39. The molecule has 0 aromatic rings. The largest absolute Gasteiger partial charge is 0.391 e. The van der Waals surface area contributed by atoms with E-state index in [1.807, 2.05) is 0 Å². The predicted molar refractivity (Wildman–Crippen MR) is 67.1 cm³/mol. The van der Waals surface area contributed by atoms with E-state index < -0.39 is 8.56 Å². The van der Waals surface area contributed by atoms with Crippen molar-refractivity contribution in [3.05, 3.63) is 0 Å². The van der Waals surface area contributed by atoms with Crippen molar-refractivity contribution in [2.75, 3.05) is 5.38 Å². The first-order chi connectivity index (χ1) is 6.45. The lowest BCUT2D eigenvalue weighted by atomic mass is 10.5. The van der Waals surface area contributed by atoms with Gasteiger partial charge in [-0.2, -0.15) is 12.6 Å². The molecule has 0 fully saturated rings. The topological polar surface area (TPSA) is 18.5 Å². The molecule has 0 aliphatic carbocycles. The van der Waals surface area contributed by atoms with E-state index in [9.17, 15) is 0 Å². The van der Waals surface area contributed by atoms with Crippen LogP contribution in [0.1, 0.15) is 41.0 Å². The standard InChI is InChI=1S/C10H24O2SSi/c1-6-7-14(8-13,11-9(2)3)12-10(4)5/h9-10,13H,6-8H2,1-5H3. The molecule has 0 unspecified atom stereocenters. The van der Waals surface area contributed by atoms with Crippen molar-refractivity contribution >= 4 is 21.2 Å². The minimum Gasteiger partial charge on any atom is -0.391 e. The van der Waals surface area contributed by atoms with E-state index in [2.05, 4.69) is 47.2 Å². The van der Waals surface area contributed by atoms with Crippen LogP contribution in [0.4, 0.5) is 0 Å². The number of rotatable bonds is 7. The molecule has 14 heavy (non-hydrogen) atoms. The van der Waals surface area contributed by atoms with Gasteiger partial charge in [0.15, 0.2) is 0 Å². The fraction of sp³-hybridized carbons (Fsp3) is 1.00. The zero-order chi connectivity index (χ0) is 11.2. The lowest BCUT2D eigenvalue weighted by Crippen LogP contribution is -2.48. The average molecular weight is 236 g/mol. The smallest absolute Gasteiger partial charge is 0.348 e. The van der Waals surface area contributed by atoms with Gasteiger partial charge in [-0.1, -0.05) is 13.3 Å². The first-order valence-corrected chi connectivity index (χ1v) is 8.28. The molecule has 0 saturated heterocycles. The lowest BCUT2D eigenvalue weighted by molar-refractivity contribution is 0.108. The van der Waals surface area contributed by atoms with Crippen LogP contribution < -0.4 is 0 Å². The fourth-order valence-electron chi connectivity index (χ4n) is 1.54.